The van der Waals surface area contributed by atoms with Gasteiger partial charge in [0.05, 0.1) is 0 Å². The zero-order chi connectivity index (χ0) is 15.4. The third kappa shape index (κ3) is 3.71. The SMILES string of the molecule is CC(Oc1ccc(F)cc1C(=O)O)C(=O)N1CCCCC1. The predicted molar refractivity (Wildman–Crippen MR) is 73.9 cm³/mol. The molecule has 1 atom stereocenters. The third-order valence-corrected chi connectivity index (χ3v) is 3.49. The Kier molecular flexibility index (Phi) is 4.77. The molecule has 21 heavy (non-hydrogen) atoms. The van der Waals surface area contributed by atoms with Crippen molar-refractivity contribution < 1.29 is 23.8 Å². The van der Waals surface area contributed by atoms with E-state index in [0.29, 0.717) is 13.1 Å². The second-order valence-corrected chi connectivity index (χ2v) is 5.09. The summed E-state index contributed by atoms with van der Waals surface area (Å²) in [6, 6.07) is 3.23. The fourth-order valence-electron chi connectivity index (χ4n) is 2.38. The van der Waals surface area contributed by atoms with Crippen molar-refractivity contribution in [2.24, 2.45) is 0 Å². The lowest BCUT2D eigenvalue weighted by atomic mass is 10.1. The summed E-state index contributed by atoms with van der Waals surface area (Å²) in [5.74, 6) is -2.12. The molecule has 0 radical (unpaired) electrons. The zero-order valence-corrected chi connectivity index (χ0v) is 11.8. The highest BCUT2D eigenvalue weighted by atomic mass is 19.1. The van der Waals surface area contributed by atoms with E-state index in [1.807, 2.05) is 0 Å². The summed E-state index contributed by atoms with van der Waals surface area (Å²) in [5.41, 5.74) is -0.284. The highest BCUT2D eigenvalue weighted by molar-refractivity contribution is 5.91. The van der Waals surface area contributed by atoms with Gasteiger partial charge in [-0.1, -0.05) is 0 Å². The van der Waals surface area contributed by atoms with E-state index in [1.165, 1.54) is 6.07 Å². The van der Waals surface area contributed by atoms with E-state index in [1.54, 1.807) is 11.8 Å². The standard InChI is InChI=1S/C15H18FNO4/c1-10(14(18)17-7-3-2-4-8-17)21-13-6-5-11(16)9-12(13)15(19)20/h5-6,9-10H,2-4,7-8H2,1H3,(H,19,20). The number of carboxylic acids is 1. The number of amides is 1. The van der Waals surface area contributed by atoms with Crippen LogP contribution in [0.1, 0.15) is 36.5 Å². The Morgan fingerprint density at radius 1 is 1.29 bits per heavy atom. The molecule has 1 N–H and O–H groups in total. The minimum atomic E-state index is -1.29. The van der Waals surface area contributed by atoms with E-state index in [-0.39, 0.29) is 17.2 Å². The molecular weight excluding hydrogens is 277 g/mol. The second kappa shape index (κ2) is 6.56. The number of rotatable bonds is 4. The first kappa shape index (κ1) is 15.3. The highest BCUT2D eigenvalue weighted by Crippen LogP contribution is 2.22. The minimum Gasteiger partial charge on any atom is -0.480 e. The molecule has 1 saturated heterocycles. The first-order valence-corrected chi connectivity index (χ1v) is 6.97. The van der Waals surface area contributed by atoms with Crippen LogP contribution >= 0.6 is 0 Å². The first-order valence-electron chi connectivity index (χ1n) is 6.97. The molecule has 1 aliphatic heterocycles. The number of carbonyl (C=O) groups is 2. The van der Waals surface area contributed by atoms with Gasteiger partial charge in [-0.05, 0) is 44.4 Å². The monoisotopic (exact) mass is 295 g/mol. The molecule has 0 bridgehead atoms. The van der Waals surface area contributed by atoms with Gasteiger partial charge in [-0.2, -0.15) is 0 Å². The summed E-state index contributed by atoms with van der Waals surface area (Å²) < 4.78 is 18.5. The Bertz CT molecular complexity index is 540. The van der Waals surface area contributed by atoms with Crippen molar-refractivity contribution in [3.8, 4) is 5.75 Å². The minimum absolute atomic E-state index is 0.00163. The summed E-state index contributed by atoms with van der Waals surface area (Å²) in [7, 11) is 0. The van der Waals surface area contributed by atoms with Crippen LogP contribution in [0.25, 0.3) is 0 Å². The van der Waals surface area contributed by atoms with Crippen LogP contribution in [-0.4, -0.2) is 41.1 Å². The summed E-state index contributed by atoms with van der Waals surface area (Å²) in [5, 5.41) is 9.05. The molecule has 1 unspecified atom stereocenters. The number of halogens is 1. The number of hydrogen-bond donors (Lipinski definition) is 1. The van der Waals surface area contributed by atoms with E-state index in [4.69, 9.17) is 9.84 Å². The maximum Gasteiger partial charge on any atom is 0.339 e. The van der Waals surface area contributed by atoms with Crippen LogP contribution in [0.4, 0.5) is 4.39 Å². The number of hydrogen-bond acceptors (Lipinski definition) is 3. The van der Waals surface area contributed by atoms with Gasteiger partial charge >= 0.3 is 5.97 Å². The highest BCUT2D eigenvalue weighted by Gasteiger charge is 2.25. The number of piperidine rings is 1. The normalized spacial score (nSPS) is 16.4. The summed E-state index contributed by atoms with van der Waals surface area (Å²) in [6.45, 7) is 2.97. The van der Waals surface area contributed by atoms with Crippen LogP contribution in [0.2, 0.25) is 0 Å². The predicted octanol–water partition coefficient (Wildman–Crippen LogP) is 2.30. The summed E-state index contributed by atoms with van der Waals surface area (Å²) >= 11 is 0. The van der Waals surface area contributed by atoms with Gasteiger partial charge in [0.15, 0.2) is 6.10 Å². The fraction of sp³-hybridized carbons (Fsp3) is 0.467. The lowest BCUT2D eigenvalue weighted by Gasteiger charge is -2.29. The number of ether oxygens (including phenoxy) is 1. The molecule has 0 spiro atoms. The number of nitrogens with zero attached hydrogens (tertiary/aromatic N) is 1. The molecule has 1 heterocycles. The number of aromatic carboxylic acids is 1. The molecule has 5 nitrogen and oxygen atoms in total. The van der Waals surface area contributed by atoms with Crippen molar-refractivity contribution in [2.45, 2.75) is 32.3 Å². The topological polar surface area (TPSA) is 66.8 Å². The fourth-order valence-corrected chi connectivity index (χ4v) is 2.38. The molecule has 2 rings (SSSR count). The van der Waals surface area contributed by atoms with Crippen molar-refractivity contribution in [1.29, 1.82) is 0 Å². The zero-order valence-electron chi connectivity index (χ0n) is 11.8. The van der Waals surface area contributed by atoms with Gasteiger partial charge in [-0.3, -0.25) is 4.79 Å². The van der Waals surface area contributed by atoms with Crippen LogP contribution in [0.15, 0.2) is 18.2 Å². The first-order chi connectivity index (χ1) is 9.99. The number of carboxylic acid groups (broad SMARTS) is 1. The molecule has 1 amide bonds. The van der Waals surface area contributed by atoms with Crippen LogP contribution in [0.5, 0.6) is 5.75 Å². The Labute approximate surface area is 122 Å². The van der Waals surface area contributed by atoms with E-state index in [2.05, 4.69) is 0 Å². The van der Waals surface area contributed by atoms with E-state index in [0.717, 1.165) is 31.4 Å². The van der Waals surface area contributed by atoms with Crippen molar-refractivity contribution >= 4 is 11.9 Å². The Morgan fingerprint density at radius 2 is 1.95 bits per heavy atom. The third-order valence-electron chi connectivity index (χ3n) is 3.49. The number of benzene rings is 1. The summed E-state index contributed by atoms with van der Waals surface area (Å²) in [4.78, 5) is 25.0. The Balaban J connectivity index is 2.10. The second-order valence-electron chi connectivity index (χ2n) is 5.09. The lowest BCUT2D eigenvalue weighted by molar-refractivity contribution is -0.138. The smallest absolute Gasteiger partial charge is 0.339 e. The molecule has 114 valence electrons. The maximum atomic E-state index is 13.1. The van der Waals surface area contributed by atoms with Crippen molar-refractivity contribution in [2.75, 3.05) is 13.1 Å². The average molecular weight is 295 g/mol. The Morgan fingerprint density at radius 3 is 2.57 bits per heavy atom. The van der Waals surface area contributed by atoms with Crippen LogP contribution in [0, 0.1) is 5.82 Å². The molecule has 1 aromatic carbocycles. The Hall–Kier alpha value is -2.11. The van der Waals surface area contributed by atoms with Crippen LogP contribution in [0.3, 0.4) is 0 Å². The molecule has 1 aliphatic rings. The van der Waals surface area contributed by atoms with Crippen molar-refractivity contribution in [1.82, 2.24) is 4.90 Å². The van der Waals surface area contributed by atoms with E-state index < -0.39 is 17.9 Å². The largest absolute Gasteiger partial charge is 0.480 e. The maximum absolute atomic E-state index is 13.1. The molecule has 1 fully saturated rings. The molecule has 0 aromatic heterocycles. The van der Waals surface area contributed by atoms with Gasteiger partial charge in [-0.15, -0.1) is 0 Å². The lowest BCUT2D eigenvalue weighted by Crippen LogP contribution is -2.43. The molecule has 6 heteroatoms. The van der Waals surface area contributed by atoms with Gasteiger partial charge in [0.1, 0.15) is 17.1 Å². The quantitative estimate of drug-likeness (QED) is 0.925. The van der Waals surface area contributed by atoms with Gasteiger partial charge in [-0.25, -0.2) is 9.18 Å². The molecule has 0 saturated carbocycles. The van der Waals surface area contributed by atoms with Gasteiger partial charge in [0, 0.05) is 13.1 Å². The van der Waals surface area contributed by atoms with E-state index >= 15 is 0 Å². The van der Waals surface area contributed by atoms with Crippen molar-refractivity contribution in [3.63, 3.8) is 0 Å². The average Bonchev–Trinajstić information content (AvgIpc) is 2.49. The number of likely N-dealkylation sites (tertiary alicyclic amines) is 1. The van der Waals surface area contributed by atoms with Gasteiger partial charge in [0.25, 0.3) is 5.91 Å². The van der Waals surface area contributed by atoms with Crippen LogP contribution in [-0.2, 0) is 4.79 Å². The molecule has 0 aliphatic carbocycles. The molecule has 1 aromatic rings. The van der Waals surface area contributed by atoms with E-state index in [9.17, 15) is 14.0 Å². The molecular formula is C15H18FNO4. The van der Waals surface area contributed by atoms with Gasteiger partial charge < -0.3 is 14.7 Å². The van der Waals surface area contributed by atoms with Crippen LogP contribution < -0.4 is 4.74 Å². The van der Waals surface area contributed by atoms with Crippen molar-refractivity contribution in [3.05, 3.63) is 29.6 Å². The number of carbonyl (C=O) groups excluding carboxylic acids is 1. The van der Waals surface area contributed by atoms with Gasteiger partial charge in [0.2, 0.25) is 0 Å². The summed E-state index contributed by atoms with van der Waals surface area (Å²) in [6.07, 6.45) is 2.25.